The van der Waals surface area contributed by atoms with E-state index in [2.05, 4.69) is 5.10 Å². The van der Waals surface area contributed by atoms with Crippen molar-refractivity contribution in [2.45, 2.75) is 25.7 Å². The van der Waals surface area contributed by atoms with Crippen molar-refractivity contribution < 1.29 is 17.7 Å². The fourth-order valence-corrected chi connectivity index (χ4v) is 4.90. The molecule has 0 saturated heterocycles. The lowest BCUT2D eigenvalue weighted by Gasteiger charge is -2.22. The molecule has 11 heteroatoms. The highest BCUT2D eigenvalue weighted by molar-refractivity contribution is 7.85. The van der Waals surface area contributed by atoms with E-state index in [1.807, 2.05) is 6.92 Å². The predicted octanol–water partition coefficient (Wildman–Crippen LogP) is 3.11. The first kappa shape index (κ1) is 21.1. The molecule has 0 amide bonds. The standard InChI is InChI=1S/C17H19ClF2N4O2S2/c1-2-23(15(27)5-7-28(26)11-12-8-17(12,19)20)14-10-24(21-16(14)18)13-4-3-6-22(25)9-13/h3-4,6,9-10,12H,2,5,7-8,11H2,1H3. The van der Waals surface area contributed by atoms with Crippen LogP contribution in [0.15, 0.2) is 30.7 Å². The Bertz CT molecular complexity index is 909. The topological polar surface area (TPSA) is 65.1 Å². The maximum Gasteiger partial charge on any atom is 0.252 e. The number of aromatic nitrogens is 3. The third kappa shape index (κ3) is 4.84. The number of halogens is 3. The molecule has 0 aromatic carbocycles. The van der Waals surface area contributed by atoms with Gasteiger partial charge in [-0.2, -0.15) is 9.83 Å². The van der Waals surface area contributed by atoms with Gasteiger partial charge in [0, 0.05) is 53.7 Å². The van der Waals surface area contributed by atoms with Crippen LogP contribution < -0.4 is 9.63 Å². The molecule has 2 aromatic heterocycles. The molecule has 2 atom stereocenters. The third-order valence-electron chi connectivity index (χ3n) is 4.47. The summed E-state index contributed by atoms with van der Waals surface area (Å²) in [5.41, 5.74) is 1.11. The van der Waals surface area contributed by atoms with Crippen molar-refractivity contribution in [2.75, 3.05) is 23.0 Å². The van der Waals surface area contributed by atoms with Gasteiger partial charge in [-0.15, -0.1) is 0 Å². The van der Waals surface area contributed by atoms with E-state index in [0.717, 1.165) is 0 Å². The van der Waals surface area contributed by atoms with Crippen LogP contribution in [-0.4, -0.2) is 43.0 Å². The van der Waals surface area contributed by atoms with Crippen molar-refractivity contribution in [2.24, 2.45) is 5.92 Å². The second-order valence-electron chi connectivity index (χ2n) is 6.53. The van der Waals surface area contributed by atoms with Crippen molar-refractivity contribution >= 4 is 45.3 Å². The van der Waals surface area contributed by atoms with E-state index in [9.17, 15) is 18.2 Å². The van der Waals surface area contributed by atoms with Gasteiger partial charge < -0.3 is 10.1 Å². The zero-order valence-corrected chi connectivity index (χ0v) is 17.4. The Balaban J connectivity index is 1.65. The molecular formula is C17H19ClF2N4O2S2. The molecule has 2 heterocycles. The Kier molecular flexibility index (Phi) is 6.31. The molecule has 0 aliphatic heterocycles. The summed E-state index contributed by atoms with van der Waals surface area (Å²) >= 11 is 11.7. The van der Waals surface area contributed by atoms with Crippen LogP contribution in [0, 0.1) is 11.1 Å². The number of rotatable bonds is 8. The number of thiocarbonyl (C=S) groups is 1. The Morgan fingerprint density at radius 2 is 2.32 bits per heavy atom. The van der Waals surface area contributed by atoms with Gasteiger partial charge in [-0.25, -0.2) is 13.5 Å². The fraction of sp³-hybridized carbons (Fsp3) is 0.471. The maximum atomic E-state index is 13.0. The van der Waals surface area contributed by atoms with E-state index in [-0.39, 0.29) is 23.1 Å². The minimum absolute atomic E-state index is 0.00360. The molecule has 3 rings (SSSR count). The van der Waals surface area contributed by atoms with E-state index in [4.69, 9.17) is 23.8 Å². The van der Waals surface area contributed by atoms with Gasteiger partial charge in [0.15, 0.2) is 11.3 Å². The third-order valence-corrected chi connectivity index (χ3v) is 6.60. The SMILES string of the molecule is CCN(C(=S)CCS(=O)CC1CC1(F)F)c1cn(-c2ccc[n+]([O-])c2)nc1Cl. The predicted molar refractivity (Wildman–Crippen MR) is 109 cm³/mol. The molecule has 152 valence electrons. The minimum Gasteiger partial charge on any atom is -0.619 e. The van der Waals surface area contributed by atoms with Gasteiger partial charge in [0.05, 0.1) is 16.9 Å². The first-order valence-corrected chi connectivity index (χ1v) is 11.0. The summed E-state index contributed by atoms with van der Waals surface area (Å²) in [6, 6.07) is 3.31. The normalized spacial score (nSPS) is 18.6. The van der Waals surface area contributed by atoms with Crippen molar-refractivity contribution in [3.05, 3.63) is 41.1 Å². The monoisotopic (exact) mass is 448 g/mol. The highest BCUT2D eigenvalue weighted by atomic mass is 35.5. The number of hydrogen-bond donors (Lipinski definition) is 0. The quantitative estimate of drug-likeness (QED) is 0.352. The Hall–Kier alpha value is -1.65. The maximum absolute atomic E-state index is 13.0. The first-order chi connectivity index (χ1) is 13.2. The van der Waals surface area contributed by atoms with Crippen molar-refractivity contribution in [1.29, 1.82) is 0 Å². The smallest absolute Gasteiger partial charge is 0.252 e. The second kappa shape index (κ2) is 8.38. The summed E-state index contributed by atoms with van der Waals surface area (Å²) in [5.74, 6) is -3.20. The molecule has 6 nitrogen and oxygen atoms in total. The van der Waals surface area contributed by atoms with Crippen molar-refractivity contribution in [3.8, 4) is 5.69 Å². The Labute approximate surface area is 174 Å². The van der Waals surface area contributed by atoms with Crippen LogP contribution in [0.4, 0.5) is 14.5 Å². The number of hydrogen-bond acceptors (Lipinski definition) is 4. The summed E-state index contributed by atoms with van der Waals surface area (Å²) in [5, 5.41) is 15.9. The number of nitrogens with zero attached hydrogens (tertiary/aromatic N) is 4. The van der Waals surface area contributed by atoms with Gasteiger partial charge in [0.1, 0.15) is 5.69 Å². The summed E-state index contributed by atoms with van der Waals surface area (Å²) in [6.45, 7) is 2.39. The van der Waals surface area contributed by atoms with Crippen LogP contribution >= 0.6 is 23.8 Å². The van der Waals surface area contributed by atoms with Crippen LogP contribution in [0.5, 0.6) is 0 Å². The lowest BCUT2D eigenvalue weighted by atomic mass is 10.3. The van der Waals surface area contributed by atoms with Gasteiger partial charge >= 0.3 is 0 Å². The average Bonchev–Trinajstić information content (AvgIpc) is 3.05. The Morgan fingerprint density at radius 1 is 1.61 bits per heavy atom. The molecule has 0 N–H and O–H groups in total. The highest BCUT2D eigenvalue weighted by Gasteiger charge is 2.57. The molecule has 2 aromatic rings. The van der Waals surface area contributed by atoms with Gasteiger partial charge in [0.2, 0.25) is 6.20 Å². The van der Waals surface area contributed by atoms with E-state index < -0.39 is 22.6 Å². The largest absolute Gasteiger partial charge is 0.619 e. The van der Waals surface area contributed by atoms with Crippen LogP contribution in [0.1, 0.15) is 19.8 Å². The summed E-state index contributed by atoms with van der Waals surface area (Å²) < 4.78 is 40.1. The molecule has 0 bridgehead atoms. The van der Waals surface area contributed by atoms with E-state index in [1.165, 1.54) is 17.1 Å². The van der Waals surface area contributed by atoms with Gasteiger partial charge in [-0.05, 0) is 13.0 Å². The van der Waals surface area contributed by atoms with Crippen LogP contribution in [0.3, 0.4) is 0 Å². The number of alkyl halides is 2. The fourth-order valence-electron chi connectivity index (χ4n) is 2.81. The zero-order valence-electron chi connectivity index (χ0n) is 15.1. The molecule has 28 heavy (non-hydrogen) atoms. The molecule has 1 aliphatic rings. The lowest BCUT2D eigenvalue weighted by Crippen LogP contribution is -2.30. The zero-order chi connectivity index (χ0) is 20.5. The molecule has 1 aliphatic carbocycles. The van der Waals surface area contributed by atoms with Gasteiger partial charge in [-0.3, -0.25) is 4.21 Å². The van der Waals surface area contributed by atoms with E-state index in [1.54, 1.807) is 23.2 Å². The van der Waals surface area contributed by atoms with Crippen LogP contribution in [-0.2, 0) is 10.8 Å². The number of anilines is 1. The van der Waals surface area contributed by atoms with E-state index in [0.29, 0.717) is 34.1 Å². The van der Waals surface area contributed by atoms with Crippen LogP contribution in [0.2, 0.25) is 5.15 Å². The first-order valence-electron chi connectivity index (χ1n) is 8.68. The second-order valence-corrected chi connectivity index (χ2v) is 8.98. The van der Waals surface area contributed by atoms with Crippen molar-refractivity contribution in [1.82, 2.24) is 9.78 Å². The molecule has 1 fully saturated rings. The van der Waals surface area contributed by atoms with Crippen molar-refractivity contribution in [3.63, 3.8) is 0 Å². The van der Waals surface area contributed by atoms with Gasteiger partial charge in [-0.1, -0.05) is 23.8 Å². The minimum atomic E-state index is -2.66. The van der Waals surface area contributed by atoms with E-state index >= 15 is 0 Å². The summed E-state index contributed by atoms with van der Waals surface area (Å²) in [7, 11) is -1.35. The van der Waals surface area contributed by atoms with Crippen LogP contribution in [0.25, 0.3) is 5.69 Å². The highest BCUT2D eigenvalue weighted by Crippen LogP contribution is 2.48. The number of pyridine rings is 1. The molecule has 0 radical (unpaired) electrons. The summed E-state index contributed by atoms with van der Waals surface area (Å²) in [6.07, 6.45) is 4.53. The molecular weight excluding hydrogens is 430 g/mol. The molecule has 1 saturated carbocycles. The van der Waals surface area contributed by atoms with Gasteiger partial charge in [0.25, 0.3) is 5.92 Å². The summed E-state index contributed by atoms with van der Waals surface area (Å²) in [4.78, 5) is 2.27. The lowest BCUT2D eigenvalue weighted by molar-refractivity contribution is -0.605. The average molecular weight is 449 g/mol. The Morgan fingerprint density at radius 3 is 2.93 bits per heavy atom. The molecule has 0 spiro atoms. The molecule has 2 unspecified atom stereocenters.